The summed E-state index contributed by atoms with van der Waals surface area (Å²) in [5, 5.41) is 0.164. The van der Waals surface area contributed by atoms with Gasteiger partial charge in [-0.1, -0.05) is 0 Å². The van der Waals surface area contributed by atoms with Crippen molar-refractivity contribution in [3.05, 3.63) is 29.8 Å². The molecule has 2 aromatic rings. The number of carbonyl (C=O) groups is 1. The Bertz CT molecular complexity index is 559. The van der Waals surface area contributed by atoms with Crippen molar-refractivity contribution in [2.75, 3.05) is 0 Å². The van der Waals surface area contributed by atoms with Crippen LogP contribution in [0.4, 0.5) is 13.2 Å². The maximum atomic E-state index is 12.3. The van der Waals surface area contributed by atoms with Gasteiger partial charge in [0.2, 0.25) is 5.76 Å². The highest BCUT2D eigenvalue weighted by molar-refractivity contribution is 5.94. The first kappa shape index (κ1) is 10.5. The second-order valence-electron chi connectivity index (χ2n) is 3.08. The third kappa shape index (κ3) is 1.71. The minimum Gasteiger partial charge on any atom is -0.451 e. The molecule has 2 aromatic heterocycles. The summed E-state index contributed by atoms with van der Waals surface area (Å²) in [7, 11) is 0. The fourth-order valence-corrected chi connectivity index (χ4v) is 1.21. The fourth-order valence-electron chi connectivity index (χ4n) is 1.21. The molecule has 0 fully saturated rings. The number of carbonyl (C=O) groups excluding carboxylic acids is 1. The molecule has 4 nitrogen and oxygen atoms in total. The smallest absolute Gasteiger partial charge is 0.449 e. The van der Waals surface area contributed by atoms with Gasteiger partial charge < -0.3 is 10.2 Å². The lowest BCUT2D eigenvalue weighted by Crippen LogP contribution is -2.12. The average molecular weight is 230 g/mol. The van der Waals surface area contributed by atoms with E-state index in [1.165, 1.54) is 0 Å². The van der Waals surface area contributed by atoms with Crippen LogP contribution < -0.4 is 5.73 Å². The van der Waals surface area contributed by atoms with Crippen LogP contribution in [0.15, 0.2) is 22.7 Å². The molecular weight excluding hydrogens is 225 g/mol. The monoisotopic (exact) mass is 230 g/mol. The Kier molecular flexibility index (Phi) is 2.11. The number of nitrogens with two attached hydrogens (primary N) is 1. The molecule has 0 saturated heterocycles. The van der Waals surface area contributed by atoms with Crippen LogP contribution in [0.5, 0.6) is 0 Å². The molecule has 0 aliphatic rings. The molecule has 0 radical (unpaired) electrons. The number of fused-ring (bicyclic) bond motifs is 1. The van der Waals surface area contributed by atoms with Gasteiger partial charge in [-0.15, -0.1) is 0 Å². The van der Waals surface area contributed by atoms with Gasteiger partial charge in [-0.3, -0.25) is 9.78 Å². The van der Waals surface area contributed by atoms with E-state index < -0.39 is 17.8 Å². The van der Waals surface area contributed by atoms with E-state index in [0.717, 1.165) is 18.3 Å². The molecule has 0 spiro atoms. The van der Waals surface area contributed by atoms with E-state index in [1.807, 2.05) is 0 Å². The van der Waals surface area contributed by atoms with Gasteiger partial charge in [0.1, 0.15) is 11.3 Å². The highest BCUT2D eigenvalue weighted by atomic mass is 19.4. The van der Waals surface area contributed by atoms with Crippen molar-refractivity contribution in [2.24, 2.45) is 5.73 Å². The lowest BCUT2D eigenvalue weighted by Gasteiger charge is -1.99. The molecule has 1 amide bonds. The van der Waals surface area contributed by atoms with E-state index in [1.54, 1.807) is 0 Å². The van der Waals surface area contributed by atoms with Gasteiger partial charge in [-0.2, -0.15) is 13.2 Å². The highest BCUT2D eigenvalue weighted by Crippen LogP contribution is 2.33. The third-order valence-corrected chi connectivity index (χ3v) is 1.93. The highest BCUT2D eigenvalue weighted by Gasteiger charge is 2.35. The van der Waals surface area contributed by atoms with Gasteiger partial charge in [-0.05, 0) is 6.07 Å². The first-order valence-corrected chi connectivity index (χ1v) is 4.14. The van der Waals surface area contributed by atoms with Gasteiger partial charge in [0, 0.05) is 17.6 Å². The van der Waals surface area contributed by atoms with Gasteiger partial charge in [0.25, 0.3) is 5.91 Å². The summed E-state index contributed by atoms with van der Waals surface area (Å²) in [6, 6.07) is 1.89. The number of aromatic nitrogens is 1. The summed E-state index contributed by atoms with van der Waals surface area (Å²) in [5.41, 5.74) is 4.72. The van der Waals surface area contributed by atoms with Crippen LogP contribution in [0.3, 0.4) is 0 Å². The first-order chi connectivity index (χ1) is 7.38. The predicted molar refractivity (Wildman–Crippen MR) is 47.5 cm³/mol. The SMILES string of the molecule is NC(=O)c1cc2oc(C(F)(F)F)cc2cn1. The number of hydrogen-bond acceptors (Lipinski definition) is 3. The van der Waals surface area contributed by atoms with E-state index in [9.17, 15) is 18.0 Å². The quantitative estimate of drug-likeness (QED) is 0.813. The molecule has 0 saturated carbocycles. The lowest BCUT2D eigenvalue weighted by molar-refractivity contribution is -0.152. The molecule has 2 N–H and O–H groups in total. The third-order valence-electron chi connectivity index (χ3n) is 1.93. The van der Waals surface area contributed by atoms with Crippen molar-refractivity contribution < 1.29 is 22.4 Å². The zero-order valence-electron chi connectivity index (χ0n) is 7.71. The fraction of sp³-hybridized carbons (Fsp3) is 0.111. The zero-order valence-corrected chi connectivity index (χ0v) is 7.71. The van der Waals surface area contributed by atoms with Crippen molar-refractivity contribution in [1.82, 2.24) is 4.98 Å². The number of amides is 1. The van der Waals surface area contributed by atoms with Crippen molar-refractivity contribution in [3.8, 4) is 0 Å². The van der Waals surface area contributed by atoms with Crippen LogP contribution in [-0.4, -0.2) is 10.9 Å². The molecule has 84 valence electrons. The number of halogens is 3. The molecule has 7 heteroatoms. The largest absolute Gasteiger partial charge is 0.451 e. The van der Waals surface area contributed by atoms with Gasteiger partial charge in [-0.25, -0.2) is 0 Å². The number of hydrogen-bond donors (Lipinski definition) is 1. The Balaban J connectivity index is 2.59. The number of furan rings is 1. The Hall–Kier alpha value is -2.05. The molecule has 0 aromatic carbocycles. The molecule has 16 heavy (non-hydrogen) atoms. The molecule has 0 aliphatic carbocycles. The Morgan fingerprint density at radius 3 is 2.62 bits per heavy atom. The van der Waals surface area contributed by atoms with Crippen LogP contribution in [-0.2, 0) is 6.18 Å². The van der Waals surface area contributed by atoms with Gasteiger partial charge >= 0.3 is 6.18 Å². The topological polar surface area (TPSA) is 69.1 Å². The van der Waals surface area contributed by atoms with E-state index in [-0.39, 0.29) is 16.7 Å². The maximum absolute atomic E-state index is 12.3. The van der Waals surface area contributed by atoms with Crippen LogP contribution in [0, 0.1) is 0 Å². The Morgan fingerprint density at radius 2 is 2.06 bits per heavy atom. The minimum atomic E-state index is -4.56. The summed E-state index contributed by atoms with van der Waals surface area (Å²) in [6.07, 6.45) is -3.46. The number of pyridine rings is 1. The van der Waals surface area contributed by atoms with E-state index in [0.29, 0.717) is 0 Å². The van der Waals surface area contributed by atoms with Crippen LogP contribution in [0.1, 0.15) is 16.2 Å². The van der Waals surface area contributed by atoms with E-state index >= 15 is 0 Å². The summed E-state index contributed by atoms with van der Waals surface area (Å²) in [6.45, 7) is 0. The molecule has 0 atom stereocenters. The standard InChI is InChI=1S/C9H5F3N2O2/c10-9(11,12)7-1-4-3-14-5(8(13)15)2-6(4)16-7/h1-3H,(H2,13,15). The van der Waals surface area contributed by atoms with Crippen LogP contribution >= 0.6 is 0 Å². The molecular formula is C9H5F3N2O2. The van der Waals surface area contributed by atoms with Crippen molar-refractivity contribution in [2.45, 2.75) is 6.18 Å². The van der Waals surface area contributed by atoms with Crippen LogP contribution in [0.2, 0.25) is 0 Å². The first-order valence-electron chi connectivity index (χ1n) is 4.14. The second-order valence-corrected chi connectivity index (χ2v) is 3.08. The van der Waals surface area contributed by atoms with Gasteiger partial charge in [0.05, 0.1) is 0 Å². The molecule has 2 rings (SSSR count). The number of primary amides is 1. The Morgan fingerprint density at radius 1 is 1.38 bits per heavy atom. The summed E-state index contributed by atoms with van der Waals surface area (Å²) in [5.74, 6) is -1.96. The zero-order chi connectivity index (χ0) is 11.9. The number of alkyl halides is 3. The van der Waals surface area contributed by atoms with Crippen molar-refractivity contribution >= 4 is 16.9 Å². The Labute approximate surface area is 86.9 Å². The molecule has 2 heterocycles. The van der Waals surface area contributed by atoms with Crippen LogP contribution in [0.25, 0.3) is 11.0 Å². The number of rotatable bonds is 1. The van der Waals surface area contributed by atoms with E-state index in [4.69, 9.17) is 5.73 Å². The average Bonchev–Trinajstić information content (AvgIpc) is 2.58. The summed E-state index contributed by atoms with van der Waals surface area (Å²) in [4.78, 5) is 14.3. The van der Waals surface area contributed by atoms with Crippen molar-refractivity contribution in [1.29, 1.82) is 0 Å². The molecule has 0 aliphatic heterocycles. The molecule has 0 bridgehead atoms. The summed E-state index contributed by atoms with van der Waals surface area (Å²) >= 11 is 0. The van der Waals surface area contributed by atoms with Gasteiger partial charge in [0.15, 0.2) is 0 Å². The summed E-state index contributed by atoms with van der Waals surface area (Å²) < 4.78 is 41.4. The maximum Gasteiger partial charge on any atom is 0.449 e. The minimum absolute atomic E-state index is 0.0730. The van der Waals surface area contributed by atoms with E-state index in [2.05, 4.69) is 9.40 Å². The lowest BCUT2D eigenvalue weighted by atomic mass is 10.2. The van der Waals surface area contributed by atoms with Crippen molar-refractivity contribution in [3.63, 3.8) is 0 Å². The normalized spacial score (nSPS) is 11.9. The predicted octanol–water partition coefficient (Wildman–Crippen LogP) is 1.95. The molecule has 0 unspecified atom stereocenters. The second kappa shape index (κ2) is 3.22. The number of nitrogens with zero attached hydrogens (tertiary/aromatic N) is 1.